The number of hydrogen-bond donors (Lipinski definition) is 1. The lowest BCUT2D eigenvalue weighted by molar-refractivity contribution is -0.119. The molecular weight excluding hydrogens is 350 g/mol. The smallest absolute Gasteiger partial charge is 0.244 e. The summed E-state index contributed by atoms with van der Waals surface area (Å²) in [4.78, 5) is 12.5. The topological polar surface area (TPSA) is 47.6 Å². The van der Waals surface area contributed by atoms with Crippen molar-refractivity contribution in [2.24, 2.45) is 0 Å². The molecule has 1 N–H and O–H groups in total. The zero-order chi connectivity index (χ0) is 18.6. The van der Waals surface area contributed by atoms with Crippen LogP contribution in [0.15, 0.2) is 48.5 Å². The Labute approximate surface area is 158 Å². The highest BCUT2D eigenvalue weighted by atomic mass is 35.5. The molecule has 4 nitrogen and oxygen atoms in total. The van der Waals surface area contributed by atoms with Gasteiger partial charge in [0.2, 0.25) is 5.91 Å². The van der Waals surface area contributed by atoms with Crippen LogP contribution in [0.5, 0.6) is 11.5 Å². The highest BCUT2D eigenvalue weighted by Crippen LogP contribution is 2.41. The number of rotatable bonds is 6. The summed E-state index contributed by atoms with van der Waals surface area (Å²) in [6.45, 7) is 0. The first kappa shape index (κ1) is 18.3. The highest BCUT2D eigenvalue weighted by Gasteiger charge is 2.39. The fourth-order valence-corrected chi connectivity index (χ4v) is 3.32. The third-order valence-electron chi connectivity index (χ3n) is 4.80. The molecule has 5 heteroatoms. The predicted molar refractivity (Wildman–Crippen MR) is 104 cm³/mol. The van der Waals surface area contributed by atoms with Crippen molar-refractivity contribution in [1.29, 1.82) is 0 Å². The summed E-state index contributed by atoms with van der Waals surface area (Å²) >= 11 is 5.97. The average Bonchev–Trinajstić information content (AvgIpc) is 2.63. The summed E-state index contributed by atoms with van der Waals surface area (Å²) in [7, 11) is 3.18. The van der Waals surface area contributed by atoms with Crippen molar-refractivity contribution in [2.75, 3.05) is 14.2 Å². The third-order valence-corrected chi connectivity index (χ3v) is 5.05. The van der Waals surface area contributed by atoms with Crippen molar-refractivity contribution in [3.8, 4) is 11.5 Å². The first-order valence-corrected chi connectivity index (χ1v) is 8.92. The molecule has 136 valence electrons. The van der Waals surface area contributed by atoms with Gasteiger partial charge in [0.25, 0.3) is 0 Å². The molecule has 26 heavy (non-hydrogen) atoms. The van der Waals surface area contributed by atoms with Gasteiger partial charge in [-0.05, 0) is 60.7 Å². The molecule has 0 aromatic heterocycles. The predicted octanol–water partition coefficient (Wildman–Crippen LogP) is 4.57. The van der Waals surface area contributed by atoms with Gasteiger partial charge < -0.3 is 14.8 Å². The van der Waals surface area contributed by atoms with E-state index < -0.39 is 0 Å². The van der Waals surface area contributed by atoms with E-state index in [0.29, 0.717) is 16.5 Å². The maximum atomic E-state index is 12.5. The van der Waals surface area contributed by atoms with E-state index in [9.17, 15) is 4.79 Å². The van der Waals surface area contributed by atoms with E-state index in [4.69, 9.17) is 21.1 Å². The molecule has 1 aliphatic carbocycles. The number of nitrogens with one attached hydrogen (secondary N) is 1. The van der Waals surface area contributed by atoms with Crippen molar-refractivity contribution in [3.05, 3.63) is 64.7 Å². The second-order valence-electron chi connectivity index (χ2n) is 6.38. The van der Waals surface area contributed by atoms with Gasteiger partial charge in [-0.15, -0.1) is 0 Å². The van der Waals surface area contributed by atoms with Crippen LogP contribution in [-0.4, -0.2) is 20.1 Å². The fourth-order valence-electron chi connectivity index (χ4n) is 3.19. The van der Waals surface area contributed by atoms with Gasteiger partial charge >= 0.3 is 0 Å². The van der Waals surface area contributed by atoms with Crippen LogP contribution in [0.3, 0.4) is 0 Å². The molecule has 0 bridgehead atoms. The average molecular weight is 372 g/mol. The number of methoxy groups -OCH3 is 2. The standard InChI is InChI=1S/C21H22ClNO3/c1-25-18-10-4-15(14-19(18)26-2)5-11-20(24)23-21(12-3-13-21)16-6-8-17(22)9-7-16/h4-11,14H,3,12-13H2,1-2H3,(H,23,24). The van der Waals surface area contributed by atoms with Crippen LogP contribution in [0.25, 0.3) is 6.08 Å². The van der Waals surface area contributed by atoms with E-state index in [0.717, 1.165) is 30.4 Å². The number of hydrogen-bond acceptors (Lipinski definition) is 3. The molecule has 0 heterocycles. The number of amides is 1. The lowest BCUT2D eigenvalue weighted by atomic mass is 9.72. The van der Waals surface area contributed by atoms with Gasteiger partial charge in [-0.3, -0.25) is 4.79 Å². The molecule has 2 aromatic carbocycles. The summed E-state index contributed by atoms with van der Waals surface area (Å²) < 4.78 is 10.5. The molecule has 1 fully saturated rings. The Hall–Kier alpha value is -2.46. The quantitative estimate of drug-likeness (QED) is 0.757. The molecule has 0 atom stereocenters. The fraction of sp³-hybridized carbons (Fsp3) is 0.286. The summed E-state index contributed by atoms with van der Waals surface area (Å²) in [5.41, 5.74) is 1.68. The van der Waals surface area contributed by atoms with E-state index in [-0.39, 0.29) is 11.4 Å². The van der Waals surface area contributed by atoms with Crippen molar-refractivity contribution >= 4 is 23.6 Å². The summed E-state index contributed by atoms with van der Waals surface area (Å²) in [6.07, 6.45) is 6.29. The minimum Gasteiger partial charge on any atom is -0.493 e. The Balaban J connectivity index is 1.71. The number of halogens is 1. The van der Waals surface area contributed by atoms with Gasteiger partial charge in [0.15, 0.2) is 11.5 Å². The minimum atomic E-state index is -0.288. The Morgan fingerprint density at radius 1 is 1.08 bits per heavy atom. The number of ether oxygens (including phenoxy) is 2. The Morgan fingerprint density at radius 3 is 2.35 bits per heavy atom. The van der Waals surface area contributed by atoms with Gasteiger partial charge in [0.05, 0.1) is 19.8 Å². The normalized spacial score (nSPS) is 15.3. The monoisotopic (exact) mass is 371 g/mol. The molecule has 1 aliphatic rings. The first-order valence-electron chi connectivity index (χ1n) is 8.55. The van der Waals surface area contributed by atoms with E-state index in [1.807, 2.05) is 42.5 Å². The van der Waals surface area contributed by atoms with Crippen LogP contribution in [0.2, 0.25) is 5.02 Å². The molecule has 2 aromatic rings. The molecular formula is C21H22ClNO3. The summed E-state index contributed by atoms with van der Waals surface area (Å²) in [6, 6.07) is 13.2. The van der Waals surface area contributed by atoms with Gasteiger partial charge in [-0.1, -0.05) is 29.8 Å². The largest absolute Gasteiger partial charge is 0.493 e. The SMILES string of the molecule is COc1ccc(C=CC(=O)NC2(c3ccc(Cl)cc3)CCC2)cc1OC. The summed E-state index contributed by atoms with van der Waals surface area (Å²) in [5, 5.41) is 3.86. The van der Waals surface area contributed by atoms with Crippen molar-refractivity contribution in [3.63, 3.8) is 0 Å². The van der Waals surface area contributed by atoms with Crippen LogP contribution in [-0.2, 0) is 10.3 Å². The van der Waals surface area contributed by atoms with Gasteiger partial charge in [0.1, 0.15) is 0 Å². The maximum Gasteiger partial charge on any atom is 0.244 e. The Kier molecular flexibility index (Phi) is 5.52. The van der Waals surface area contributed by atoms with Crippen LogP contribution in [0, 0.1) is 0 Å². The number of carbonyl (C=O) groups is 1. The van der Waals surface area contributed by atoms with E-state index in [2.05, 4.69) is 5.32 Å². The second kappa shape index (κ2) is 7.83. The molecule has 1 saturated carbocycles. The van der Waals surface area contributed by atoms with E-state index >= 15 is 0 Å². The van der Waals surface area contributed by atoms with Gasteiger partial charge in [-0.2, -0.15) is 0 Å². The third kappa shape index (κ3) is 3.86. The highest BCUT2D eigenvalue weighted by molar-refractivity contribution is 6.30. The number of benzene rings is 2. The van der Waals surface area contributed by atoms with Crippen molar-refractivity contribution in [1.82, 2.24) is 5.32 Å². The minimum absolute atomic E-state index is 0.116. The Bertz CT molecular complexity index is 811. The van der Waals surface area contributed by atoms with E-state index in [1.54, 1.807) is 26.4 Å². The molecule has 1 amide bonds. The molecule has 0 aliphatic heterocycles. The zero-order valence-corrected chi connectivity index (χ0v) is 15.7. The van der Waals surface area contributed by atoms with Gasteiger partial charge in [-0.25, -0.2) is 0 Å². The maximum absolute atomic E-state index is 12.5. The molecule has 0 saturated heterocycles. The van der Waals surface area contributed by atoms with Crippen molar-refractivity contribution in [2.45, 2.75) is 24.8 Å². The molecule has 0 spiro atoms. The molecule has 0 unspecified atom stereocenters. The molecule has 3 rings (SSSR count). The van der Waals surface area contributed by atoms with Gasteiger partial charge in [0, 0.05) is 11.1 Å². The summed E-state index contributed by atoms with van der Waals surface area (Å²) in [5.74, 6) is 1.17. The van der Waals surface area contributed by atoms with Crippen molar-refractivity contribution < 1.29 is 14.3 Å². The Morgan fingerprint density at radius 2 is 1.77 bits per heavy atom. The lowest BCUT2D eigenvalue weighted by Crippen LogP contribution is -2.50. The lowest BCUT2D eigenvalue weighted by Gasteiger charge is -2.43. The van der Waals surface area contributed by atoms with Crippen LogP contribution in [0.4, 0.5) is 0 Å². The second-order valence-corrected chi connectivity index (χ2v) is 6.82. The molecule has 0 radical (unpaired) electrons. The number of carbonyl (C=O) groups excluding carboxylic acids is 1. The van der Waals surface area contributed by atoms with Crippen LogP contribution in [0.1, 0.15) is 30.4 Å². The van der Waals surface area contributed by atoms with Crippen LogP contribution >= 0.6 is 11.6 Å². The van der Waals surface area contributed by atoms with E-state index in [1.165, 1.54) is 0 Å². The zero-order valence-electron chi connectivity index (χ0n) is 14.9. The first-order chi connectivity index (χ1) is 12.6. The van der Waals surface area contributed by atoms with Crippen LogP contribution < -0.4 is 14.8 Å².